The van der Waals surface area contributed by atoms with Crippen LogP contribution in [0.15, 0.2) is 24.3 Å². The number of primary amides is 2. The molecule has 1 fully saturated rings. The largest absolute Gasteiger partial charge is 0.369 e. The lowest BCUT2D eigenvalue weighted by Crippen LogP contribution is -2.53. The second kappa shape index (κ2) is 5.55. The van der Waals surface area contributed by atoms with Crippen molar-refractivity contribution in [3.05, 3.63) is 35.4 Å². The van der Waals surface area contributed by atoms with Gasteiger partial charge in [-0.1, -0.05) is 24.3 Å². The molecule has 0 radical (unpaired) electrons. The van der Waals surface area contributed by atoms with Crippen molar-refractivity contribution in [2.45, 2.75) is 25.2 Å². The Labute approximate surface area is 122 Å². The summed E-state index contributed by atoms with van der Waals surface area (Å²) < 4.78 is 0. The van der Waals surface area contributed by atoms with Crippen molar-refractivity contribution in [1.29, 1.82) is 0 Å². The molecule has 2 unspecified atom stereocenters. The van der Waals surface area contributed by atoms with E-state index in [2.05, 4.69) is 5.32 Å². The van der Waals surface area contributed by atoms with Crippen LogP contribution in [-0.2, 0) is 19.8 Å². The van der Waals surface area contributed by atoms with E-state index >= 15 is 0 Å². The first-order valence-electron chi connectivity index (χ1n) is 6.83. The Balaban J connectivity index is 2.63. The molecule has 0 aliphatic carbocycles. The number of carbonyl (C=O) groups excluding carboxylic acids is 3. The molecule has 1 aromatic carbocycles. The molecule has 1 aliphatic heterocycles. The number of aryl methyl sites for hydroxylation is 1. The summed E-state index contributed by atoms with van der Waals surface area (Å²) in [6, 6.07) is 7.05. The van der Waals surface area contributed by atoms with Crippen LogP contribution in [0.2, 0.25) is 0 Å². The Hall–Kier alpha value is -2.37. The Morgan fingerprint density at radius 1 is 1.29 bits per heavy atom. The van der Waals surface area contributed by atoms with Gasteiger partial charge in [-0.15, -0.1) is 0 Å². The number of hydrogen-bond acceptors (Lipinski definition) is 3. The van der Waals surface area contributed by atoms with Gasteiger partial charge in [0.2, 0.25) is 17.7 Å². The van der Waals surface area contributed by atoms with Crippen molar-refractivity contribution >= 4 is 17.7 Å². The van der Waals surface area contributed by atoms with Crippen LogP contribution in [-0.4, -0.2) is 24.3 Å². The van der Waals surface area contributed by atoms with Gasteiger partial charge in [-0.2, -0.15) is 0 Å². The molecule has 0 bridgehead atoms. The van der Waals surface area contributed by atoms with Crippen LogP contribution in [0.25, 0.3) is 0 Å². The molecule has 3 amide bonds. The number of nitrogens with two attached hydrogens (primary N) is 2. The molecule has 112 valence electrons. The van der Waals surface area contributed by atoms with Gasteiger partial charge >= 0.3 is 0 Å². The quantitative estimate of drug-likeness (QED) is 0.665. The molecule has 0 aromatic heterocycles. The highest BCUT2D eigenvalue weighted by Crippen LogP contribution is 2.36. The summed E-state index contributed by atoms with van der Waals surface area (Å²) in [5, 5.41) is 2.68. The molecule has 21 heavy (non-hydrogen) atoms. The third-order valence-corrected chi connectivity index (χ3v) is 4.15. The van der Waals surface area contributed by atoms with Gasteiger partial charge in [0.1, 0.15) is 0 Å². The summed E-state index contributed by atoms with van der Waals surface area (Å²) in [5.74, 6) is -2.32. The molecule has 2 rings (SSSR count). The molecule has 1 aliphatic rings. The van der Waals surface area contributed by atoms with Crippen molar-refractivity contribution in [3.8, 4) is 0 Å². The van der Waals surface area contributed by atoms with E-state index in [1.807, 2.05) is 6.07 Å². The van der Waals surface area contributed by atoms with E-state index in [9.17, 15) is 14.4 Å². The van der Waals surface area contributed by atoms with Gasteiger partial charge in [0.25, 0.3) is 0 Å². The smallest absolute Gasteiger partial charge is 0.240 e. The van der Waals surface area contributed by atoms with Crippen LogP contribution in [0.5, 0.6) is 0 Å². The van der Waals surface area contributed by atoms with Gasteiger partial charge in [-0.05, 0) is 30.9 Å². The second-order valence-electron chi connectivity index (χ2n) is 5.43. The lowest BCUT2D eigenvalue weighted by Gasteiger charge is -2.31. The predicted molar refractivity (Wildman–Crippen MR) is 77.0 cm³/mol. The zero-order valence-corrected chi connectivity index (χ0v) is 11.9. The molecule has 0 saturated carbocycles. The molecular formula is C15H19N3O3. The maximum atomic E-state index is 12.5. The van der Waals surface area contributed by atoms with Gasteiger partial charge in [0.15, 0.2) is 5.41 Å². The Kier molecular flexibility index (Phi) is 3.97. The van der Waals surface area contributed by atoms with E-state index in [1.165, 1.54) is 0 Å². The average molecular weight is 289 g/mol. The van der Waals surface area contributed by atoms with E-state index in [1.54, 1.807) is 25.1 Å². The molecule has 5 N–H and O–H groups in total. The first kappa shape index (κ1) is 15.0. The fraction of sp³-hybridized carbons (Fsp3) is 0.400. The molecule has 1 aromatic rings. The zero-order valence-electron chi connectivity index (χ0n) is 11.9. The van der Waals surface area contributed by atoms with Crippen LogP contribution < -0.4 is 16.8 Å². The summed E-state index contributed by atoms with van der Waals surface area (Å²) in [7, 11) is 0. The van der Waals surface area contributed by atoms with E-state index in [-0.39, 0.29) is 6.42 Å². The predicted octanol–water partition coefficient (Wildman–Crippen LogP) is -0.270. The number of hydrogen-bond donors (Lipinski definition) is 3. The molecule has 6 nitrogen and oxygen atoms in total. The number of benzene rings is 1. The van der Waals surface area contributed by atoms with Crippen molar-refractivity contribution < 1.29 is 14.4 Å². The highest BCUT2D eigenvalue weighted by atomic mass is 16.2. The van der Waals surface area contributed by atoms with Gasteiger partial charge in [0.05, 0.1) is 0 Å². The lowest BCUT2D eigenvalue weighted by atomic mass is 9.71. The highest BCUT2D eigenvalue weighted by Gasteiger charge is 2.50. The van der Waals surface area contributed by atoms with Gasteiger partial charge in [-0.25, -0.2) is 0 Å². The minimum atomic E-state index is -1.55. The minimum absolute atomic E-state index is 0.00829. The van der Waals surface area contributed by atoms with Crippen LogP contribution in [0, 0.1) is 12.8 Å². The molecule has 0 spiro atoms. The van der Waals surface area contributed by atoms with Crippen LogP contribution in [0.1, 0.15) is 24.0 Å². The maximum absolute atomic E-state index is 12.5. The van der Waals surface area contributed by atoms with Crippen molar-refractivity contribution in [2.75, 3.05) is 6.54 Å². The first-order chi connectivity index (χ1) is 9.89. The normalized spacial score (nSPS) is 25.8. The molecular weight excluding hydrogens is 270 g/mol. The van der Waals surface area contributed by atoms with Crippen molar-refractivity contribution in [2.24, 2.45) is 17.4 Å². The van der Waals surface area contributed by atoms with Gasteiger partial charge in [0, 0.05) is 12.5 Å². The van der Waals surface area contributed by atoms with Gasteiger partial charge < -0.3 is 16.8 Å². The summed E-state index contributed by atoms with van der Waals surface area (Å²) in [5.41, 5.74) is 10.7. The Bertz CT molecular complexity index is 600. The Morgan fingerprint density at radius 2 is 1.95 bits per heavy atom. The SMILES string of the molecule is Cc1ccccc1C1(C(N)=O)CC(C(N)=O)CCNC1=O. The summed E-state index contributed by atoms with van der Waals surface area (Å²) in [6.07, 6.45) is 0.413. The van der Waals surface area contributed by atoms with E-state index in [0.717, 1.165) is 5.56 Å². The summed E-state index contributed by atoms with van der Waals surface area (Å²) in [4.78, 5) is 36.3. The van der Waals surface area contributed by atoms with Crippen LogP contribution in [0.3, 0.4) is 0 Å². The fourth-order valence-corrected chi connectivity index (χ4v) is 2.95. The van der Waals surface area contributed by atoms with E-state index < -0.39 is 29.1 Å². The van der Waals surface area contributed by atoms with Crippen LogP contribution >= 0.6 is 0 Å². The van der Waals surface area contributed by atoms with E-state index in [0.29, 0.717) is 18.5 Å². The topological polar surface area (TPSA) is 115 Å². The first-order valence-corrected chi connectivity index (χ1v) is 6.83. The van der Waals surface area contributed by atoms with E-state index in [4.69, 9.17) is 11.5 Å². The molecule has 2 atom stereocenters. The standard InChI is InChI=1S/C15H19N3O3/c1-9-4-2-3-5-11(9)15(13(17)20)8-10(12(16)19)6-7-18-14(15)21/h2-5,10H,6-8H2,1H3,(H2,16,19)(H2,17,20)(H,18,21). The number of amides is 3. The maximum Gasteiger partial charge on any atom is 0.240 e. The molecule has 1 saturated heterocycles. The lowest BCUT2D eigenvalue weighted by molar-refractivity contribution is -0.136. The highest BCUT2D eigenvalue weighted by molar-refractivity contribution is 6.11. The molecule has 1 heterocycles. The zero-order chi connectivity index (χ0) is 15.6. The average Bonchev–Trinajstić information content (AvgIpc) is 2.59. The third kappa shape index (κ3) is 2.49. The van der Waals surface area contributed by atoms with Gasteiger partial charge in [-0.3, -0.25) is 14.4 Å². The summed E-state index contributed by atoms with van der Waals surface area (Å²) in [6.45, 7) is 2.10. The number of nitrogens with one attached hydrogen (secondary N) is 1. The Morgan fingerprint density at radius 3 is 2.52 bits per heavy atom. The molecule has 6 heteroatoms. The fourth-order valence-electron chi connectivity index (χ4n) is 2.95. The number of carbonyl (C=O) groups is 3. The number of rotatable bonds is 3. The second-order valence-corrected chi connectivity index (χ2v) is 5.43. The van der Waals surface area contributed by atoms with Crippen LogP contribution in [0.4, 0.5) is 0 Å². The minimum Gasteiger partial charge on any atom is -0.369 e. The third-order valence-electron chi connectivity index (χ3n) is 4.15. The summed E-state index contributed by atoms with van der Waals surface area (Å²) >= 11 is 0. The van der Waals surface area contributed by atoms with Crippen molar-refractivity contribution in [1.82, 2.24) is 5.32 Å². The monoisotopic (exact) mass is 289 g/mol. The van der Waals surface area contributed by atoms with Crippen molar-refractivity contribution in [3.63, 3.8) is 0 Å².